The fraction of sp³-hybridized carbons (Fsp3) is 0.417. The van der Waals surface area contributed by atoms with Crippen molar-refractivity contribution in [2.75, 3.05) is 17.3 Å². The quantitative estimate of drug-likeness (QED) is 0.701. The number of rotatable bonds is 0. The van der Waals surface area contributed by atoms with Gasteiger partial charge in [0.15, 0.2) is 0 Å². The van der Waals surface area contributed by atoms with E-state index in [0.29, 0.717) is 0 Å². The second-order valence-electron chi connectivity index (χ2n) is 4.24. The highest BCUT2D eigenvalue weighted by Crippen LogP contribution is 2.34. The summed E-state index contributed by atoms with van der Waals surface area (Å²) in [6.45, 7) is 6.00. The lowest BCUT2D eigenvalue weighted by molar-refractivity contribution is -0.118. The van der Waals surface area contributed by atoms with Crippen LogP contribution in [0.2, 0.25) is 0 Å². The maximum absolute atomic E-state index is 11.8. The molecule has 0 fully saturated rings. The Morgan fingerprint density at radius 3 is 2.67 bits per heavy atom. The summed E-state index contributed by atoms with van der Waals surface area (Å²) in [6.07, 6.45) is 0. The van der Waals surface area contributed by atoms with Gasteiger partial charge in [-0.3, -0.25) is 4.79 Å². The Balaban J connectivity index is 2.60. The molecule has 0 bridgehead atoms. The average molecular weight is 204 g/mol. The van der Waals surface area contributed by atoms with E-state index in [1.807, 2.05) is 27.0 Å². The molecule has 1 aliphatic heterocycles. The standard InChI is InChI=1S/C12H16N2O/c1-7-5-8(2)11-10(6-7)14(4)12(15)9(3)13-11/h5-6,9,13H,1-4H3. The molecule has 1 unspecified atom stereocenters. The summed E-state index contributed by atoms with van der Waals surface area (Å²) < 4.78 is 0. The van der Waals surface area contributed by atoms with E-state index in [0.717, 1.165) is 11.4 Å². The third-order valence-electron chi connectivity index (χ3n) is 2.88. The summed E-state index contributed by atoms with van der Waals surface area (Å²) in [5.74, 6) is 0.118. The monoisotopic (exact) mass is 204 g/mol. The van der Waals surface area contributed by atoms with Gasteiger partial charge in [-0.15, -0.1) is 0 Å². The predicted molar refractivity (Wildman–Crippen MR) is 62.4 cm³/mol. The van der Waals surface area contributed by atoms with Crippen LogP contribution < -0.4 is 10.2 Å². The van der Waals surface area contributed by atoms with Crippen LogP contribution in [0, 0.1) is 13.8 Å². The molecular weight excluding hydrogens is 188 g/mol. The van der Waals surface area contributed by atoms with Gasteiger partial charge in [-0.2, -0.15) is 0 Å². The molecule has 1 heterocycles. The largest absolute Gasteiger partial charge is 0.372 e. The summed E-state index contributed by atoms with van der Waals surface area (Å²) in [4.78, 5) is 13.5. The van der Waals surface area contributed by atoms with Gasteiger partial charge in [0.2, 0.25) is 5.91 Å². The summed E-state index contributed by atoms with van der Waals surface area (Å²) >= 11 is 0. The Labute approximate surface area is 90.1 Å². The number of fused-ring (bicyclic) bond motifs is 1. The van der Waals surface area contributed by atoms with E-state index in [1.54, 1.807) is 4.90 Å². The molecule has 0 saturated carbocycles. The van der Waals surface area contributed by atoms with Crippen LogP contribution in [0.1, 0.15) is 18.1 Å². The van der Waals surface area contributed by atoms with Gasteiger partial charge in [-0.05, 0) is 38.0 Å². The van der Waals surface area contributed by atoms with Crippen molar-refractivity contribution in [2.24, 2.45) is 0 Å². The molecule has 15 heavy (non-hydrogen) atoms. The van der Waals surface area contributed by atoms with E-state index >= 15 is 0 Å². The first-order valence-electron chi connectivity index (χ1n) is 5.16. The molecule has 3 nitrogen and oxygen atoms in total. The lowest BCUT2D eigenvalue weighted by atomic mass is 10.0. The van der Waals surface area contributed by atoms with Crippen LogP contribution >= 0.6 is 0 Å². The number of benzene rings is 1. The maximum atomic E-state index is 11.8. The van der Waals surface area contributed by atoms with Gasteiger partial charge in [-0.1, -0.05) is 6.07 Å². The molecule has 2 rings (SSSR count). The van der Waals surface area contributed by atoms with E-state index in [-0.39, 0.29) is 11.9 Å². The molecular formula is C12H16N2O. The van der Waals surface area contributed by atoms with Crippen molar-refractivity contribution in [1.29, 1.82) is 0 Å². The zero-order valence-electron chi connectivity index (χ0n) is 9.59. The third-order valence-corrected chi connectivity index (χ3v) is 2.88. The van der Waals surface area contributed by atoms with Crippen molar-refractivity contribution in [3.8, 4) is 0 Å². The summed E-state index contributed by atoms with van der Waals surface area (Å²) in [5.41, 5.74) is 4.43. The molecule has 80 valence electrons. The summed E-state index contributed by atoms with van der Waals surface area (Å²) in [5, 5.41) is 3.24. The summed E-state index contributed by atoms with van der Waals surface area (Å²) in [7, 11) is 1.83. The first-order chi connectivity index (χ1) is 7.00. The normalized spacial score (nSPS) is 19.9. The van der Waals surface area contributed by atoms with E-state index in [1.165, 1.54) is 11.1 Å². The predicted octanol–water partition coefficient (Wildman–Crippen LogP) is 2.08. The number of likely N-dealkylation sites (N-methyl/N-ethyl adjacent to an activating group) is 1. The number of carbonyl (C=O) groups is 1. The molecule has 1 aliphatic rings. The lowest BCUT2D eigenvalue weighted by Gasteiger charge is -2.32. The first-order valence-corrected chi connectivity index (χ1v) is 5.16. The van der Waals surface area contributed by atoms with Crippen molar-refractivity contribution in [2.45, 2.75) is 26.8 Å². The van der Waals surface area contributed by atoms with Gasteiger partial charge >= 0.3 is 0 Å². The first kappa shape index (κ1) is 10.0. The van der Waals surface area contributed by atoms with Crippen LogP contribution in [0.5, 0.6) is 0 Å². The fourth-order valence-electron chi connectivity index (χ4n) is 2.08. The molecule has 1 atom stereocenters. The van der Waals surface area contributed by atoms with E-state index in [4.69, 9.17) is 0 Å². The van der Waals surface area contributed by atoms with Gasteiger partial charge in [0.25, 0.3) is 0 Å². The molecule has 0 aliphatic carbocycles. The van der Waals surface area contributed by atoms with E-state index in [2.05, 4.69) is 18.3 Å². The molecule has 0 aromatic heterocycles. The van der Waals surface area contributed by atoms with Crippen molar-refractivity contribution < 1.29 is 4.79 Å². The Hall–Kier alpha value is -1.51. The highest BCUT2D eigenvalue weighted by atomic mass is 16.2. The number of carbonyl (C=O) groups excluding carboxylic acids is 1. The van der Waals surface area contributed by atoms with Crippen molar-refractivity contribution in [3.05, 3.63) is 23.3 Å². The molecule has 3 heteroatoms. The lowest BCUT2D eigenvalue weighted by Crippen LogP contribution is -2.43. The molecule has 0 spiro atoms. The smallest absolute Gasteiger partial charge is 0.248 e. The molecule has 1 aromatic rings. The van der Waals surface area contributed by atoms with Crippen LogP contribution in [0.25, 0.3) is 0 Å². The maximum Gasteiger partial charge on any atom is 0.248 e. The fourth-order valence-corrected chi connectivity index (χ4v) is 2.08. The number of amides is 1. The number of hydrogen-bond acceptors (Lipinski definition) is 2. The number of nitrogens with zero attached hydrogens (tertiary/aromatic N) is 1. The second-order valence-corrected chi connectivity index (χ2v) is 4.24. The number of aryl methyl sites for hydroxylation is 2. The number of nitrogens with one attached hydrogen (secondary N) is 1. The SMILES string of the molecule is Cc1cc(C)c2c(c1)N(C)C(=O)C(C)N2. The summed E-state index contributed by atoms with van der Waals surface area (Å²) in [6, 6.07) is 4.03. The Morgan fingerprint density at radius 2 is 2.00 bits per heavy atom. The average Bonchev–Trinajstić information content (AvgIpc) is 2.17. The zero-order chi connectivity index (χ0) is 11.2. The van der Waals surface area contributed by atoms with Crippen molar-refractivity contribution in [3.63, 3.8) is 0 Å². The van der Waals surface area contributed by atoms with Crippen LogP contribution in [0.4, 0.5) is 11.4 Å². The van der Waals surface area contributed by atoms with E-state index < -0.39 is 0 Å². The Morgan fingerprint density at radius 1 is 1.33 bits per heavy atom. The van der Waals surface area contributed by atoms with E-state index in [9.17, 15) is 4.79 Å². The van der Waals surface area contributed by atoms with Crippen LogP contribution in [0.3, 0.4) is 0 Å². The minimum atomic E-state index is -0.135. The number of anilines is 2. The minimum absolute atomic E-state index is 0.118. The Kier molecular flexibility index (Phi) is 2.18. The van der Waals surface area contributed by atoms with Crippen LogP contribution in [-0.4, -0.2) is 19.0 Å². The minimum Gasteiger partial charge on any atom is -0.372 e. The highest BCUT2D eigenvalue weighted by molar-refractivity contribution is 6.04. The Bertz CT molecular complexity index is 426. The van der Waals surface area contributed by atoms with Crippen LogP contribution in [-0.2, 0) is 4.79 Å². The van der Waals surface area contributed by atoms with Crippen molar-refractivity contribution in [1.82, 2.24) is 0 Å². The van der Waals surface area contributed by atoms with Crippen molar-refractivity contribution >= 4 is 17.3 Å². The van der Waals surface area contributed by atoms with Gasteiger partial charge in [0.1, 0.15) is 6.04 Å². The zero-order valence-corrected chi connectivity index (χ0v) is 9.59. The molecule has 1 amide bonds. The van der Waals surface area contributed by atoms with Gasteiger partial charge < -0.3 is 10.2 Å². The molecule has 0 saturated heterocycles. The molecule has 1 aromatic carbocycles. The molecule has 1 N–H and O–H groups in total. The second kappa shape index (κ2) is 3.26. The number of hydrogen-bond donors (Lipinski definition) is 1. The third kappa shape index (κ3) is 1.48. The van der Waals surface area contributed by atoms with Crippen LogP contribution in [0.15, 0.2) is 12.1 Å². The molecule has 0 radical (unpaired) electrons. The van der Waals surface area contributed by atoms with Gasteiger partial charge in [-0.25, -0.2) is 0 Å². The van der Waals surface area contributed by atoms with Gasteiger partial charge in [0, 0.05) is 7.05 Å². The van der Waals surface area contributed by atoms with Gasteiger partial charge in [0.05, 0.1) is 11.4 Å². The topological polar surface area (TPSA) is 32.3 Å². The highest BCUT2D eigenvalue weighted by Gasteiger charge is 2.27.